The van der Waals surface area contributed by atoms with Gasteiger partial charge in [0, 0.05) is 11.6 Å². The zero-order valence-electron chi connectivity index (χ0n) is 10.9. The number of nitrogens with zero attached hydrogens (tertiary/aromatic N) is 2. The molecule has 104 valence electrons. The molecule has 0 aliphatic rings. The van der Waals surface area contributed by atoms with Crippen molar-refractivity contribution in [3.05, 3.63) is 40.8 Å². The van der Waals surface area contributed by atoms with Crippen LogP contribution in [0.4, 0.5) is 5.82 Å². The molecule has 0 atom stereocenters. The van der Waals surface area contributed by atoms with Crippen molar-refractivity contribution in [3.8, 4) is 11.5 Å². The van der Waals surface area contributed by atoms with Crippen LogP contribution in [0.5, 0.6) is 11.5 Å². The summed E-state index contributed by atoms with van der Waals surface area (Å²) in [7, 11) is 3.05. The first-order chi connectivity index (χ1) is 9.62. The monoisotopic (exact) mass is 337 g/mol. The number of benzene rings is 1. The van der Waals surface area contributed by atoms with Gasteiger partial charge < -0.3 is 14.8 Å². The van der Waals surface area contributed by atoms with E-state index in [0.717, 1.165) is 0 Å². The third-order valence-electron chi connectivity index (χ3n) is 2.48. The fraction of sp³-hybridized carbons (Fsp3) is 0.154. The summed E-state index contributed by atoms with van der Waals surface area (Å²) in [5.74, 6) is 1.12. The molecule has 0 spiro atoms. The van der Waals surface area contributed by atoms with E-state index in [0.29, 0.717) is 27.5 Å². The largest absolute Gasteiger partial charge is 0.497 e. The van der Waals surface area contributed by atoms with Gasteiger partial charge in [0.05, 0.1) is 26.6 Å². The number of ether oxygens (including phenoxy) is 2. The molecule has 0 saturated heterocycles. The lowest BCUT2D eigenvalue weighted by atomic mass is 10.2. The summed E-state index contributed by atoms with van der Waals surface area (Å²) in [6.45, 7) is 0. The zero-order chi connectivity index (χ0) is 14.5. The Labute approximate surface area is 124 Å². The highest BCUT2D eigenvalue weighted by Gasteiger charge is 2.11. The summed E-state index contributed by atoms with van der Waals surface area (Å²) in [5.41, 5.74) is 0.408. The Morgan fingerprint density at radius 1 is 1.10 bits per heavy atom. The number of amides is 1. The third kappa shape index (κ3) is 3.45. The number of rotatable bonds is 4. The van der Waals surface area contributed by atoms with Gasteiger partial charge in [-0.25, -0.2) is 9.97 Å². The number of hydrogen-bond donors (Lipinski definition) is 1. The maximum Gasteiger partial charge on any atom is 0.257 e. The van der Waals surface area contributed by atoms with Crippen LogP contribution in [-0.4, -0.2) is 30.1 Å². The highest BCUT2D eigenvalue weighted by Crippen LogP contribution is 2.23. The van der Waals surface area contributed by atoms with Crippen molar-refractivity contribution in [1.82, 2.24) is 9.97 Å². The molecule has 0 bridgehead atoms. The lowest BCUT2D eigenvalue weighted by Crippen LogP contribution is -2.13. The second-order valence-electron chi connectivity index (χ2n) is 3.78. The molecular weight excluding hydrogens is 326 g/mol. The molecule has 0 saturated carbocycles. The molecule has 0 unspecified atom stereocenters. The number of aromatic nitrogens is 2. The van der Waals surface area contributed by atoms with Gasteiger partial charge in [-0.3, -0.25) is 4.79 Å². The molecule has 0 radical (unpaired) electrons. The molecule has 2 aromatic rings. The highest BCUT2D eigenvalue weighted by molar-refractivity contribution is 9.10. The van der Waals surface area contributed by atoms with Crippen LogP contribution in [0.2, 0.25) is 0 Å². The minimum absolute atomic E-state index is 0.321. The van der Waals surface area contributed by atoms with Crippen LogP contribution < -0.4 is 14.8 Å². The van der Waals surface area contributed by atoms with Gasteiger partial charge in [0.15, 0.2) is 5.82 Å². The van der Waals surface area contributed by atoms with Gasteiger partial charge >= 0.3 is 0 Å². The van der Waals surface area contributed by atoms with Gasteiger partial charge in [0.2, 0.25) is 0 Å². The van der Waals surface area contributed by atoms with Crippen molar-refractivity contribution in [2.24, 2.45) is 0 Å². The molecule has 1 N–H and O–H groups in total. The Hall–Kier alpha value is -2.15. The van der Waals surface area contributed by atoms with Gasteiger partial charge in [-0.1, -0.05) is 0 Å². The van der Waals surface area contributed by atoms with E-state index in [9.17, 15) is 4.79 Å². The molecule has 7 heteroatoms. The first kappa shape index (κ1) is 14.3. The van der Waals surface area contributed by atoms with Crippen molar-refractivity contribution in [3.63, 3.8) is 0 Å². The summed E-state index contributed by atoms with van der Waals surface area (Å²) < 4.78 is 10.8. The second-order valence-corrected chi connectivity index (χ2v) is 4.59. The maximum absolute atomic E-state index is 12.1. The topological polar surface area (TPSA) is 73.3 Å². The summed E-state index contributed by atoms with van der Waals surface area (Å²) in [5, 5.41) is 2.64. The number of carbonyl (C=O) groups is 1. The molecule has 0 aliphatic heterocycles. The van der Waals surface area contributed by atoms with Crippen LogP contribution in [0.15, 0.2) is 35.2 Å². The molecule has 1 aromatic carbocycles. The Kier molecular flexibility index (Phi) is 4.52. The van der Waals surface area contributed by atoms with Crippen LogP contribution in [0.3, 0.4) is 0 Å². The third-order valence-corrected chi connectivity index (χ3v) is 2.89. The lowest BCUT2D eigenvalue weighted by Gasteiger charge is -2.08. The predicted octanol–water partition coefficient (Wildman–Crippen LogP) is 2.51. The van der Waals surface area contributed by atoms with Gasteiger partial charge in [0.1, 0.15) is 16.1 Å². The van der Waals surface area contributed by atoms with Gasteiger partial charge in [-0.05, 0) is 28.1 Å². The fourth-order valence-electron chi connectivity index (χ4n) is 1.50. The van der Waals surface area contributed by atoms with Crippen molar-refractivity contribution < 1.29 is 14.3 Å². The van der Waals surface area contributed by atoms with Gasteiger partial charge in [-0.2, -0.15) is 0 Å². The Balaban J connectivity index is 2.22. The number of halogens is 1. The van der Waals surface area contributed by atoms with Crippen molar-refractivity contribution in [2.45, 2.75) is 0 Å². The average molecular weight is 338 g/mol. The summed E-state index contributed by atoms with van der Waals surface area (Å²) >= 11 is 3.17. The Morgan fingerprint density at radius 2 is 1.75 bits per heavy atom. The molecule has 1 amide bonds. The van der Waals surface area contributed by atoms with Crippen molar-refractivity contribution in [1.29, 1.82) is 0 Å². The predicted molar refractivity (Wildman–Crippen MR) is 77.2 cm³/mol. The van der Waals surface area contributed by atoms with E-state index < -0.39 is 0 Å². The molecule has 0 fully saturated rings. The molecule has 1 aromatic heterocycles. The molecule has 20 heavy (non-hydrogen) atoms. The van der Waals surface area contributed by atoms with Crippen molar-refractivity contribution in [2.75, 3.05) is 19.5 Å². The fourth-order valence-corrected chi connectivity index (χ4v) is 1.71. The van der Waals surface area contributed by atoms with Crippen molar-refractivity contribution >= 4 is 27.7 Å². The minimum atomic E-state index is -0.321. The SMILES string of the molecule is COc1cc(OC)cc(C(=O)Nc2cnc(Br)cn2)c1. The second kappa shape index (κ2) is 6.33. The zero-order valence-corrected chi connectivity index (χ0v) is 12.5. The smallest absolute Gasteiger partial charge is 0.257 e. The van der Waals surface area contributed by atoms with Crippen LogP contribution in [0, 0.1) is 0 Å². The van der Waals surface area contributed by atoms with E-state index in [1.54, 1.807) is 18.2 Å². The van der Waals surface area contributed by atoms with E-state index in [2.05, 4.69) is 31.2 Å². The molecule has 1 heterocycles. The molecule has 2 rings (SSSR count). The number of anilines is 1. The molecular formula is C13H12BrN3O3. The number of carbonyl (C=O) groups excluding carboxylic acids is 1. The average Bonchev–Trinajstić information content (AvgIpc) is 2.48. The van der Waals surface area contributed by atoms with E-state index >= 15 is 0 Å². The van der Waals surface area contributed by atoms with E-state index in [1.165, 1.54) is 26.6 Å². The number of hydrogen-bond acceptors (Lipinski definition) is 5. The number of nitrogens with one attached hydrogen (secondary N) is 1. The van der Waals surface area contributed by atoms with Gasteiger partial charge in [0.25, 0.3) is 5.91 Å². The van der Waals surface area contributed by atoms with E-state index in [4.69, 9.17) is 9.47 Å². The van der Waals surface area contributed by atoms with Crippen LogP contribution in [-0.2, 0) is 0 Å². The summed E-state index contributed by atoms with van der Waals surface area (Å²) in [6, 6.07) is 4.92. The minimum Gasteiger partial charge on any atom is -0.497 e. The standard InChI is InChI=1S/C13H12BrN3O3/c1-19-9-3-8(4-10(5-9)20-2)13(18)17-12-7-15-11(14)6-16-12/h3-7H,1-2H3,(H,16,17,18). The maximum atomic E-state index is 12.1. The first-order valence-electron chi connectivity index (χ1n) is 5.64. The van der Waals surface area contributed by atoms with Gasteiger partial charge in [-0.15, -0.1) is 0 Å². The normalized spacial score (nSPS) is 9.95. The first-order valence-corrected chi connectivity index (χ1v) is 6.43. The number of methoxy groups -OCH3 is 2. The molecule has 6 nitrogen and oxygen atoms in total. The van der Waals surface area contributed by atoms with E-state index in [1.807, 2.05) is 0 Å². The van der Waals surface area contributed by atoms with E-state index in [-0.39, 0.29) is 5.91 Å². The Bertz CT molecular complexity index is 595. The molecule has 0 aliphatic carbocycles. The van der Waals surface area contributed by atoms with Crippen LogP contribution in [0.1, 0.15) is 10.4 Å². The highest BCUT2D eigenvalue weighted by atomic mass is 79.9. The summed E-state index contributed by atoms with van der Waals surface area (Å²) in [4.78, 5) is 20.1. The van der Waals surface area contributed by atoms with Crippen LogP contribution >= 0.6 is 15.9 Å². The Morgan fingerprint density at radius 3 is 2.25 bits per heavy atom. The summed E-state index contributed by atoms with van der Waals surface area (Å²) in [6.07, 6.45) is 2.96. The lowest BCUT2D eigenvalue weighted by molar-refractivity contribution is 0.102. The quantitative estimate of drug-likeness (QED) is 0.927. The van der Waals surface area contributed by atoms with Crippen LogP contribution in [0.25, 0.3) is 0 Å².